The fraction of sp³-hybridized carbons (Fsp3) is 0.125. The first kappa shape index (κ1) is 13.6. The van der Waals surface area contributed by atoms with Crippen molar-refractivity contribution in [2.75, 3.05) is 6.54 Å². The Morgan fingerprint density at radius 2 is 1.96 bits per heavy atom. The van der Waals surface area contributed by atoms with Crippen LogP contribution in [0.2, 0.25) is 0 Å². The van der Waals surface area contributed by atoms with Crippen LogP contribution in [-0.2, 0) is 6.42 Å². The van der Waals surface area contributed by atoms with Crippen LogP contribution in [0.4, 0.5) is 4.39 Å². The van der Waals surface area contributed by atoms with E-state index in [0.29, 0.717) is 34.4 Å². The van der Waals surface area contributed by atoms with Gasteiger partial charge in [-0.25, -0.2) is 9.37 Å². The first-order valence-corrected chi connectivity index (χ1v) is 7.08. The van der Waals surface area contributed by atoms with Crippen molar-refractivity contribution in [1.29, 1.82) is 0 Å². The Kier molecular flexibility index (Phi) is 2.94. The number of imidazole rings is 1. The first-order valence-electron chi connectivity index (χ1n) is 7.08. The molecule has 6 nitrogen and oxygen atoms in total. The summed E-state index contributed by atoms with van der Waals surface area (Å²) in [5.74, 6) is -0.421. The number of carbonyl (C=O) groups is 2. The standard InChI is InChI=1S/C16H11FN4O2/c17-9-1-2-12-13(7-9)20-14(19-12)4-6-21-15(22)10-3-5-18-8-11(10)16(21)23/h1-3,5,7-8H,4,6H2,(H,19,20). The zero-order chi connectivity index (χ0) is 16.0. The van der Waals surface area contributed by atoms with Crippen molar-refractivity contribution >= 4 is 22.8 Å². The molecular formula is C16H11FN4O2. The van der Waals surface area contributed by atoms with E-state index in [2.05, 4.69) is 15.0 Å². The fourth-order valence-corrected chi connectivity index (χ4v) is 2.71. The highest BCUT2D eigenvalue weighted by Crippen LogP contribution is 2.22. The van der Waals surface area contributed by atoms with E-state index in [9.17, 15) is 14.0 Å². The second-order valence-electron chi connectivity index (χ2n) is 5.28. The Hall–Kier alpha value is -3.09. The number of halogens is 1. The van der Waals surface area contributed by atoms with Crippen LogP contribution in [0.15, 0.2) is 36.7 Å². The quantitative estimate of drug-likeness (QED) is 0.750. The molecule has 0 unspecified atom stereocenters. The monoisotopic (exact) mass is 310 g/mol. The number of aromatic nitrogens is 3. The number of pyridine rings is 1. The summed E-state index contributed by atoms with van der Waals surface area (Å²) in [5, 5.41) is 0. The molecule has 1 N–H and O–H groups in total. The minimum absolute atomic E-state index is 0.203. The van der Waals surface area contributed by atoms with Gasteiger partial charge < -0.3 is 4.98 Å². The Labute approximate surface area is 130 Å². The van der Waals surface area contributed by atoms with Gasteiger partial charge in [0.05, 0.1) is 22.2 Å². The maximum Gasteiger partial charge on any atom is 0.263 e. The smallest absolute Gasteiger partial charge is 0.263 e. The van der Waals surface area contributed by atoms with Crippen LogP contribution in [-0.4, -0.2) is 38.2 Å². The number of carbonyl (C=O) groups excluding carboxylic acids is 2. The lowest BCUT2D eigenvalue weighted by atomic mass is 10.2. The van der Waals surface area contributed by atoms with Crippen molar-refractivity contribution < 1.29 is 14.0 Å². The van der Waals surface area contributed by atoms with Gasteiger partial charge in [-0.05, 0) is 24.3 Å². The molecule has 0 saturated heterocycles. The fourth-order valence-electron chi connectivity index (χ4n) is 2.71. The summed E-state index contributed by atoms with van der Waals surface area (Å²) in [6.45, 7) is 0.203. The van der Waals surface area contributed by atoms with Gasteiger partial charge in [-0.1, -0.05) is 0 Å². The highest BCUT2D eigenvalue weighted by molar-refractivity contribution is 6.21. The third-order valence-corrected chi connectivity index (χ3v) is 3.84. The Morgan fingerprint density at radius 1 is 1.13 bits per heavy atom. The lowest BCUT2D eigenvalue weighted by molar-refractivity contribution is 0.0655. The number of aromatic amines is 1. The number of nitrogens with zero attached hydrogens (tertiary/aromatic N) is 3. The molecule has 3 aromatic rings. The van der Waals surface area contributed by atoms with Gasteiger partial charge in [0.15, 0.2) is 0 Å². The lowest BCUT2D eigenvalue weighted by Gasteiger charge is -2.12. The van der Waals surface area contributed by atoms with E-state index in [1.807, 2.05) is 0 Å². The third-order valence-electron chi connectivity index (χ3n) is 3.84. The average molecular weight is 310 g/mol. The molecule has 3 heterocycles. The molecule has 2 aromatic heterocycles. The number of fused-ring (bicyclic) bond motifs is 2. The number of nitrogens with one attached hydrogen (secondary N) is 1. The number of imide groups is 1. The zero-order valence-electron chi connectivity index (χ0n) is 11.9. The zero-order valence-corrected chi connectivity index (χ0v) is 11.9. The molecular weight excluding hydrogens is 299 g/mol. The minimum atomic E-state index is -0.347. The van der Waals surface area contributed by atoms with Crippen LogP contribution >= 0.6 is 0 Å². The molecule has 2 amide bonds. The van der Waals surface area contributed by atoms with Gasteiger partial charge in [-0.3, -0.25) is 19.5 Å². The molecule has 1 aliphatic rings. The van der Waals surface area contributed by atoms with Gasteiger partial charge in [0.2, 0.25) is 0 Å². The molecule has 0 aliphatic carbocycles. The summed E-state index contributed by atoms with van der Waals surface area (Å²) in [5.41, 5.74) is 1.93. The summed E-state index contributed by atoms with van der Waals surface area (Å²) < 4.78 is 13.2. The maximum atomic E-state index is 13.2. The maximum absolute atomic E-state index is 13.2. The van der Waals surface area contributed by atoms with Crippen molar-refractivity contribution in [2.24, 2.45) is 0 Å². The molecule has 0 atom stereocenters. The van der Waals surface area contributed by atoms with E-state index in [1.165, 1.54) is 29.4 Å². The molecule has 0 fully saturated rings. The van der Waals surface area contributed by atoms with Gasteiger partial charge in [0, 0.05) is 25.4 Å². The van der Waals surface area contributed by atoms with E-state index in [0.717, 1.165) is 0 Å². The van der Waals surface area contributed by atoms with Crippen LogP contribution in [0.1, 0.15) is 26.5 Å². The molecule has 114 valence electrons. The number of hydrogen-bond donors (Lipinski definition) is 1. The van der Waals surface area contributed by atoms with Gasteiger partial charge in [-0.15, -0.1) is 0 Å². The molecule has 0 spiro atoms. The van der Waals surface area contributed by atoms with E-state index in [4.69, 9.17) is 0 Å². The van der Waals surface area contributed by atoms with Crippen molar-refractivity contribution in [3.8, 4) is 0 Å². The lowest BCUT2D eigenvalue weighted by Crippen LogP contribution is -2.31. The normalized spacial score (nSPS) is 13.9. The third kappa shape index (κ3) is 2.17. The van der Waals surface area contributed by atoms with Gasteiger partial charge in [0.1, 0.15) is 11.6 Å². The topological polar surface area (TPSA) is 79.0 Å². The Morgan fingerprint density at radius 3 is 2.78 bits per heavy atom. The van der Waals surface area contributed by atoms with Crippen molar-refractivity contribution in [3.63, 3.8) is 0 Å². The van der Waals surface area contributed by atoms with Gasteiger partial charge in [0.25, 0.3) is 11.8 Å². The molecule has 23 heavy (non-hydrogen) atoms. The van der Waals surface area contributed by atoms with E-state index < -0.39 is 0 Å². The number of benzene rings is 1. The van der Waals surface area contributed by atoms with Gasteiger partial charge in [-0.2, -0.15) is 0 Å². The van der Waals surface area contributed by atoms with Crippen LogP contribution in [0.5, 0.6) is 0 Å². The SMILES string of the molecule is O=C1c2ccncc2C(=O)N1CCc1nc2ccc(F)cc2[nH]1. The van der Waals surface area contributed by atoms with Crippen LogP contribution < -0.4 is 0 Å². The van der Waals surface area contributed by atoms with Crippen molar-refractivity contribution in [1.82, 2.24) is 19.9 Å². The van der Waals surface area contributed by atoms with Crippen molar-refractivity contribution in [3.05, 3.63) is 59.4 Å². The predicted octanol–water partition coefficient (Wildman–Crippen LogP) is 1.94. The van der Waals surface area contributed by atoms with Crippen LogP contribution in [0, 0.1) is 5.82 Å². The first-order chi connectivity index (χ1) is 11.1. The average Bonchev–Trinajstić information content (AvgIpc) is 3.06. The highest BCUT2D eigenvalue weighted by atomic mass is 19.1. The molecule has 1 aliphatic heterocycles. The van der Waals surface area contributed by atoms with Crippen molar-refractivity contribution in [2.45, 2.75) is 6.42 Å². The Bertz CT molecular complexity index is 915. The summed E-state index contributed by atoms with van der Waals surface area (Å²) in [4.78, 5) is 36.9. The molecule has 4 rings (SSSR count). The highest BCUT2D eigenvalue weighted by Gasteiger charge is 2.35. The predicted molar refractivity (Wildman–Crippen MR) is 79.4 cm³/mol. The molecule has 0 saturated carbocycles. The summed E-state index contributed by atoms with van der Waals surface area (Å²) >= 11 is 0. The van der Waals surface area contributed by atoms with E-state index in [-0.39, 0.29) is 24.2 Å². The second kappa shape index (κ2) is 4.98. The number of rotatable bonds is 3. The largest absolute Gasteiger partial charge is 0.342 e. The van der Waals surface area contributed by atoms with E-state index in [1.54, 1.807) is 12.1 Å². The van der Waals surface area contributed by atoms with Gasteiger partial charge >= 0.3 is 0 Å². The summed E-state index contributed by atoms with van der Waals surface area (Å²) in [7, 11) is 0. The second-order valence-corrected chi connectivity index (χ2v) is 5.28. The molecule has 0 radical (unpaired) electrons. The molecule has 1 aromatic carbocycles. The molecule has 7 heteroatoms. The summed E-state index contributed by atoms with van der Waals surface area (Å²) in [6.07, 6.45) is 3.26. The number of hydrogen-bond acceptors (Lipinski definition) is 4. The number of amides is 2. The van der Waals surface area contributed by atoms with E-state index >= 15 is 0 Å². The number of H-pyrrole nitrogens is 1. The van der Waals surface area contributed by atoms with Crippen LogP contribution in [0.25, 0.3) is 11.0 Å². The Balaban J connectivity index is 1.55. The van der Waals surface area contributed by atoms with Crippen LogP contribution in [0.3, 0.4) is 0 Å². The minimum Gasteiger partial charge on any atom is -0.342 e. The summed E-state index contributed by atoms with van der Waals surface area (Å²) in [6, 6.07) is 5.82. The molecule has 0 bridgehead atoms.